The van der Waals surface area contributed by atoms with Crippen LogP contribution in [0.1, 0.15) is 76.3 Å². The number of H-pyrrole nitrogens is 1. The lowest BCUT2D eigenvalue weighted by Gasteiger charge is -2.19. The molecule has 0 spiro atoms. The minimum atomic E-state index is -4.16. The van der Waals surface area contributed by atoms with Gasteiger partial charge in [-0.2, -0.15) is 8.42 Å². The molecule has 1 amide bonds. The number of fused-ring (bicyclic) bond motifs is 1. The highest BCUT2D eigenvalue weighted by Gasteiger charge is 2.21. The fraction of sp³-hybridized carbons (Fsp3) is 0.256. The van der Waals surface area contributed by atoms with Crippen LogP contribution in [0.5, 0.6) is 0 Å². The predicted molar refractivity (Wildman–Crippen MR) is 207 cm³/mol. The van der Waals surface area contributed by atoms with E-state index in [0.717, 1.165) is 44.7 Å². The van der Waals surface area contributed by atoms with Crippen LogP contribution in [0, 0.1) is 20.8 Å². The van der Waals surface area contributed by atoms with Gasteiger partial charge in [-0.25, -0.2) is 4.98 Å². The van der Waals surface area contributed by atoms with Crippen LogP contribution in [0.4, 0.5) is 0 Å². The van der Waals surface area contributed by atoms with Crippen molar-refractivity contribution in [2.45, 2.75) is 59.3 Å². The largest absolute Gasteiger partial charge is 0.351 e. The lowest BCUT2D eigenvalue weighted by molar-refractivity contribution is 0.0956. The molecule has 0 aliphatic rings. The lowest BCUT2D eigenvalue weighted by Crippen LogP contribution is -2.28. The molecular formula is C43H45N3O4S. The van der Waals surface area contributed by atoms with Crippen LogP contribution in [0.2, 0.25) is 0 Å². The summed E-state index contributed by atoms with van der Waals surface area (Å²) in [5.41, 5.74) is 14.2. The van der Waals surface area contributed by atoms with E-state index in [1.807, 2.05) is 12.1 Å². The number of rotatable bonds is 10. The molecule has 0 radical (unpaired) electrons. The number of carbonyl (C=O) groups excluding carboxylic acids is 1. The number of aryl methyl sites for hydroxylation is 3. The smallest absolute Gasteiger partial charge is 0.266 e. The fourth-order valence-electron chi connectivity index (χ4n) is 6.85. The van der Waals surface area contributed by atoms with E-state index < -0.39 is 21.8 Å². The van der Waals surface area contributed by atoms with Crippen LogP contribution in [0.15, 0.2) is 103 Å². The normalized spacial score (nSPS) is 12.6. The number of nitrogens with zero attached hydrogens (tertiary/aromatic N) is 1. The van der Waals surface area contributed by atoms with Crippen LogP contribution in [0.25, 0.3) is 33.3 Å². The van der Waals surface area contributed by atoms with Crippen molar-refractivity contribution in [3.05, 3.63) is 148 Å². The molecular weight excluding hydrogens is 655 g/mol. The molecule has 51 heavy (non-hydrogen) atoms. The van der Waals surface area contributed by atoms with Crippen molar-refractivity contribution in [2.24, 2.45) is 0 Å². The molecule has 1 heterocycles. The first-order valence-electron chi connectivity index (χ1n) is 17.3. The van der Waals surface area contributed by atoms with Gasteiger partial charge in [-0.1, -0.05) is 105 Å². The molecule has 3 N–H and O–H groups in total. The Morgan fingerprint density at radius 2 is 1.39 bits per heavy atom. The van der Waals surface area contributed by atoms with Gasteiger partial charge in [0.1, 0.15) is 5.82 Å². The summed E-state index contributed by atoms with van der Waals surface area (Å²) in [4.78, 5) is 21.4. The van der Waals surface area contributed by atoms with E-state index in [1.165, 1.54) is 27.8 Å². The molecule has 262 valence electrons. The molecule has 1 unspecified atom stereocenters. The van der Waals surface area contributed by atoms with Gasteiger partial charge in [-0.3, -0.25) is 9.35 Å². The van der Waals surface area contributed by atoms with Crippen molar-refractivity contribution in [1.29, 1.82) is 0 Å². The first-order chi connectivity index (χ1) is 24.1. The maximum Gasteiger partial charge on any atom is 0.266 e. The Labute approximate surface area is 300 Å². The van der Waals surface area contributed by atoms with Crippen molar-refractivity contribution in [2.75, 3.05) is 12.3 Å². The molecule has 8 heteroatoms. The van der Waals surface area contributed by atoms with Gasteiger partial charge in [0, 0.05) is 18.0 Å². The molecule has 7 nitrogen and oxygen atoms in total. The summed E-state index contributed by atoms with van der Waals surface area (Å²) in [5, 5.41) is 2.54. The van der Waals surface area contributed by atoms with Crippen molar-refractivity contribution in [3.63, 3.8) is 0 Å². The first kappa shape index (κ1) is 35.8. The Balaban J connectivity index is 1.32. The number of aromatic nitrogens is 2. The Morgan fingerprint density at radius 1 is 0.804 bits per heavy atom. The monoisotopic (exact) mass is 699 g/mol. The molecule has 5 aromatic carbocycles. The quantitative estimate of drug-likeness (QED) is 0.124. The number of aromatic amines is 1. The van der Waals surface area contributed by atoms with Crippen LogP contribution in [-0.4, -0.2) is 41.1 Å². The SMILES string of the molecule is Cc1cc(C)c(-c2ccc3nc(C(Cc4ccc(C(=O)NCCS(=O)(=O)O)cc4)c4ccc(-c5ccc(C(C)(C)C)cc5)cc4)[nH]c3c2)c(C)c1. The predicted octanol–water partition coefficient (Wildman–Crippen LogP) is 9.11. The third-order valence-electron chi connectivity index (χ3n) is 9.49. The maximum atomic E-state index is 12.6. The van der Waals surface area contributed by atoms with E-state index in [0.29, 0.717) is 12.0 Å². The Bertz CT molecular complexity index is 2280. The molecule has 0 aliphatic carbocycles. The minimum absolute atomic E-state index is 0.0891. The van der Waals surface area contributed by atoms with Crippen LogP contribution in [0.3, 0.4) is 0 Å². The van der Waals surface area contributed by atoms with E-state index in [4.69, 9.17) is 9.54 Å². The zero-order chi connectivity index (χ0) is 36.5. The molecule has 0 saturated carbocycles. The van der Waals surface area contributed by atoms with Crippen molar-refractivity contribution >= 4 is 27.1 Å². The fourth-order valence-corrected chi connectivity index (χ4v) is 7.21. The number of imidazole rings is 1. The molecule has 6 aromatic rings. The van der Waals surface area contributed by atoms with Gasteiger partial charge in [-0.15, -0.1) is 0 Å². The number of amides is 1. The highest BCUT2D eigenvalue weighted by atomic mass is 32.2. The van der Waals surface area contributed by atoms with E-state index in [9.17, 15) is 13.2 Å². The van der Waals surface area contributed by atoms with Gasteiger partial charge in [0.05, 0.1) is 16.8 Å². The summed E-state index contributed by atoms with van der Waals surface area (Å²) in [7, 11) is -4.16. The Morgan fingerprint density at radius 3 is 1.98 bits per heavy atom. The van der Waals surface area contributed by atoms with Crippen LogP contribution in [-0.2, 0) is 22.0 Å². The summed E-state index contributed by atoms with van der Waals surface area (Å²) in [6.45, 7) is 12.9. The molecule has 6 rings (SSSR count). The summed E-state index contributed by atoms with van der Waals surface area (Å²) in [6.07, 6.45) is 0.632. The average Bonchev–Trinajstić information content (AvgIpc) is 3.49. The molecule has 0 saturated heterocycles. The number of carbonyl (C=O) groups is 1. The number of benzene rings is 5. The van der Waals surface area contributed by atoms with E-state index in [2.05, 4.69) is 131 Å². The highest BCUT2D eigenvalue weighted by molar-refractivity contribution is 7.85. The molecule has 1 atom stereocenters. The Kier molecular flexibility index (Phi) is 10.0. The van der Waals surface area contributed by atoms with Crippen LogP contribution >= 0.6 is 0 Å². The highest BCUT2D eigenvalue weighted by Crippen LogP contribution is 2.34. The van der Waals surface area contributed by atoms with Gasteiger partial charge in [0.15, 0.2) is 0 Å². The third-order valence-corrected chi connectivity index (χ3v) is 10.2. The zero-order valence-corrected chi connectivity index (χ0v) is 30.9. The average molecular weight is 700 g/mol. The molecule has 0 aliphatic heterocycles. The summed E-state index contributed by atoms with van der Waals surface area (Å²) in [6, 6.07) is 35.6. The molecule has 0 fully saturated rings. The van der Waals surface area contributed by atoms with Gasteiger partial charge in [-0.05, 0) is 107 Å². The second kappa shape index (κ2) is 14.3. The van der Waals surface area contributed by atoms with Crippen LogP contribution < -0.4 is 5.32 Å². The van der Waals surface area contributed by atoms with Crippen molar-refractivity contribution < 1.29 is 17.8 Å². The van der Waals surface area contributed by atoms with Gasteiger partial charge >= 0.3 is 0 Å². The first-order valence-corrected chi connectivity index (χ1v) is 18.9. The number of hydrogen-bond donors (Lipinski definition) is 3. The molecule has 0 bridgehead atoms. The van der Waals surface area contributed by atoms with E-state index >= 15 is 0 Å². The van der Waals surface area contributed by atoms with Crippen molar-refractivity contribution in [1.82, 2.24) is 15.3 Å². The number of hydrogen-bond acceptors (Lipinski definition) is 4. The number of nitrogens with one attached hydrogen (secondary N) is 2. The topological polar surface area (TPSA) is 112 Å². The molecule has 1 aromatic heterocycles. The standard InChI is InChI=1S/C43H45N3O4S/c1-27-23-28(2)40(29(3)24-27)35-17-20-38-39(26-35)46-41(45-38)37(25-30-7-9-34(10-8-30)42(47)44-21-22-51(48,49)50)33-13-11-31(12-14-33)32-15-18-36(19-16-32)43(4,5)6/h7-20,23-24,26,37H,21-22,25H2,1-6H3,(H,44,47)(H,45,46)(H,48,49,50). The lowest BCUT2D eigenvalue weighted by atomic mass is 9.86. The third kappa shape index (κ3) is 8.47. The summed E-state index contributed by atoms with van der Waals surface area (Å²) in [5.74, 6) is -0.188. The summed E-state index contributed by atoms with van der Waals surface area (Å²) >= 11 is 0. The second-order valence-electron chi connectivity index (χ2n) is 14.6. The van der Waals surface area contributed by atoms with Gasteiger partial charge < -0.3 is 10.3 Å². The summed E-state index contributed by atoms with van der Waals surface area (Å²) < 4.78 is 31.1. The maximum absolute atomic E-state index is 12.6. The Hall–Kier alpha value is -5.05. The van der Waals surface area contributed by atoms with Crippen molar-refractivity contribution in [3.8, 4) is 22.3 Å². The van der Waals surface area contributed by atoms with E-state index in [1.54, 1.807) is 12.1 Å². The van der Waals surface area contributed by atoms with E-state index in [-0.39, 0.29) is 17.9 Å². The zero-order valence-electron chi connectivity index (χ0n) is 30.0. The minimum Gasteiger partial charge on any atom is -0.351 e. The second-order valence-corrected chi connectivity index (χ2v) is 16.1. The van der Waals surface area contributed by atoms with Gasteiger partial charge in [0.25, 0.3) is 16.0 Å². The van der Waals surface area contributed by atoms with Gasteiger partial charge in [0.2, 0.25) is 0 Å².